The molecule has 82 valence electrons. The molecule has 2 fully saturated rings. The lowest BCUT2D eigenvalue weighted by Gasteiger charge is -2.26. The van der Waals surface area contributed by atoms with E-state index in [0.717, 1.165) is 0 Å². The van der Waals surface area contributed by atoms with Gasteiger partial charge in [-0.05, 0) is 5.92 Å². The minimum absolute atomic E-state index is 0.211. The molecule has 0 spiro atoms. The predicted molar refractivity (Wildman–Crippen MR) is 39.1 cm³/mol. The van der Waals surface area contributed by atoms with E-state index in [1.165, 1.54) is 6.92 Å². The Bertz CT molecular complexity index is 228. The highest BCUT2D eigenvalue weighted by atomic mass is 19.4. The molecular formula is C8H11F3O3. The zero-order valence-corrected chi connectivity index (χ0v) is 7.49. The molecule has 2 aliphatic rings. The third-order valence-corrected chi connectivity index (χ3v) is 2.98. The van der Waals surface area contributed by atoms with Crippen LogP contribution in [-0.4, -0.2) is 30.0 Å². The molecule has 1 saturated heterocycles. The molecule has 1 heterocycles. The van der Waals surface area contributed by atoms with Gasteiger partial charge < -0.3 is 14.6 Å². The highest BCUT2D eigenvalue weighted by Crippen LogP contribution is 2.48. The molecule has 1 aliphatic carbocycles. The van der Waals surface area contributed by atoms with Gasteiger partial charge in [-0.3, -0.25) is 0 Å². The van der Waals surface area contributed by atoms with Crippen molar-refractivity contribution >= 4 is 0 Å². The summed E-state index contributed by atoms with van der Waals surface area (Å²) in [7, 11) is 0. The molecule has 1 N–H and O–H groups in total. The Morgan fingerprint density at radius 2 is 1.79 bits per heavy atom. The lowest BCUT2D eigenvalue weighted by molar-refractivity contribution is -0.325. The first-order valence-corrected chi connectivity index (χ1v) is 4.45. The van der Waals surface area contributed by atoms with Crippen molar-refractivity contribution in [3.05, 3.63) is 0 Å². The van der Waals surface area contributed by atoms with Crippen LogP contribution in [0.25, 0.3) is 0 Å². The van der Waals surface area contributed by atoms with Gasteiger partial charge in [0, 0.05) is 6.42 Å². The Morgan fingerprint density at radius 1 is 1.21 bits per heavy atom. The van der Waals surface area contributed by atoms with Crippen molar-refractivity contribution in [1.29, 1.82) is 0 Å². The second-order valence-corrected chi connectivity index (χ2v) is 3.82. The van der Waals surface area contributed by atoms with Crippen LogP contribution < -0.4 is 0 Å². The van der Waals surface area contributed by atoms with Gasteiger partial charge in [0.2, 0.25) is 0 Å². The summed E-state index contributed by atoms with van der Waals surface area (Å²) in [5, 5.41) is 8.98. The van der Waals surface area contributed by atoms with Gasteiger partial charge in [-0.2, -0.15) is 13.2 Å². The summed E-state index contributed by atoms with van der Waals surface area (Å²) in [6.45, 7) is -0.0296. The largest absolute Gasteiger partial charge is 0.394 e. The van der Waals surface area contributed by atoms with Crippen LogP contribution in [0.2, 0.25) is 0 Å². The van der Waals surface area contributed by atoms with Gasteiger partial charge in [-0.25, -0.2) is 0 Å². The molecule has 1 aliphatic heterocycles. The van der Waals surface area contributed by atoms with E-state index in [9.17, 15) is 13.2 Å². The van der Waals surface area contributed by atoms with Crippen LogP contribution in [0.3, 0.4) is 0 Å². The fraction of sp³-hybridized carbons (Fsp3) is 1.00. The third kappa shape index (κ3) is 1.51. The van der Waals surface area contributed by atoms with Gasteiger partial charge in [0.15, 0.2) is 0 Å². The summed E-state index contributed by atoms with van der Waals surface area (Å²) < 4.78 is 47.2. The smallest absolute Gasteiger partial charge is 0.346 e. The first-order chi connectivity index (χ1) is 6.39. The van der Waals surface area contributed by atoms with Crippen LogP contribution >= 0.6 is 0 Å². The quantitative estimate of drug-likeness (QED) is 0.657. The summed E-state index contributed by atoms with van der Waals surface area (Å²) in [6, 6.07) is 0. The Kier molecular flexibility index (Phi) is 2.24. The molecule has 2 rings (SSSR count). The summed E-state index contributed by atoms with van der Waals surface area (Å²) in [5.41, 5.74) is 0. The first kappa shape index (κ1) is 10.2. The minimum Gasteiger partial charge on any atom is -0.346 e. The maximum absolute atomic E-state index is 12.6. The van der Waals surface area contributed by atoms with E-state index in [-0.39, 0.29) is 6.42 Å². The van der Waals surface area contributed by atoms with E-state index in [1.807, 2.05) is 0 Å². The number of rotatable bonds is 0. The number of alkyl halides is 3. The van der Waals surface area contributed by atoms with Crippen LogP contribution in [0.4, 0.5) is 13.2 Å². The summed E-state index contributed by atoms with van der Waals surface area (Å²) in [4.78, 5) is 0. The normalized spacial score (nSPS) is 48.2. The molecule has 0 aromatic rings. The molecule has 1 saturated carbocycles. The van der Waals surface area contributed by atoms with Gasteiger partial charge >= 0.3 is 6.18 Å². The zero-order valence-electron chi connectivity index (χ0n) is 7.49. The van der Waals surface area contributed by atoms with Crippen LogP contribution in [-0.2, 0) is 9.47 Å². The number of ether oxygens (including phenoxy) is 2. The maximum atomic E-state index is 12.6. The van der Waals surface area contributed by atoms with Crippen LogP contribution in [0.1, 0.15) is 13.3 Å². The third-order valence-electron chi connectivity index (χ3n) is 2.98. The lowest BCUT2D eigenvalue weighted by Crippen LogP contribution is -2.36. The van der Waals surface area contributed by atoms with E-state index in [0.29, 0.717) is 0 Å². The molecule has 3 nitrogen and oxygen atoms in total. The monoisotopic (exact) mass is 212 g/mol. The summed E-state index contributed by atoms with van der Waals surface area (Å²) in [5.74, 6) is -2.18. The summed E-state index contributed by atoms with van der Waals surface area (Å²) >= 11 is 0. The molecule has 14 heavy (non-hydrogen) atoms. The number of hydrogen-bond donors (Lipinski definition) is 1. The number of aliphatic hydroxyl groups excluding tert-OH is 1. The van der Waals surface area contributed by atoms with Crippen LogP contribution in [0.5, 0.6) is 0 Å². The molecule has 0 radical (unpaired) electrons. The van der Waals surface area contributed by atoms with E-state index in [2.05, 4.69) is 0 Å². The molecule has 2 bridgehead atoms. The van der Waals surface area contributed by atoms with Crippen molar-refractivity contribution in [2.24, 2.45) is 11.8 Å². The second-order valence-electron chi connectivity index (χ2n) is 3.82. The van der Waals surface area contributed by atoms with Crippen molar-refractivity contribution in [3.63, 3.8) is 0 Å². The van der Waals surface area contributed by atoms with Gasteiger partial charge in [-0.1, -0.05) is 6.92 Å². The SMILES string of the molecule is CC1C2CC(OC(O)O2)C1C(F)(F)F. The first-order valence-electron chi connectivity index (χ1n) is 4.45. The fourth-order valence-electron chi connectivity index (χ4n) is 2.32. The van der Waals surface area contributed by atoms with Crippen molar-refractivity contribution in [3.8, 4) is 0 Å². The summed E-state index contributed by atoms with van der Waals surface area (Å²) in [6.07, 6.45) is -5.58. The number of aliphatic hydroxyl groups is 1. The molecule has 0 aromatic carbocycles. The zero-order chi connectivity index (χ0) is 10.5. The average Bonchev–Trinajstić information content (AvgIpc) is 2.21. The van der Waals surface area contributed by atoms with E-state index < -0.39 is 36.7 Å². The highest BCUT2D eigenvalue weighted by Gasteiger charge is 2.58. The van der Waals surface area contributed by atoms with Gasteiger partial charge in [0.1, 0.15) is 0 Å². The topological polar surface area (TPSA) is 38.7 Å². The van der Waals surface area contributed by atoms with E-state index in [1.54, 1.807) is 0 Å². The lowest BCUT2D eigenvalue weighted by atomic mass is 9.95. The van der Waals surface area contributed by atoms with Crippen molar-refractivity contribution < 1.29 is 27.8 Å². The second kappa shape index (κ2) is 3.08. The Morgan fingerprint density at radius 3 is 2.36 bits per heavy atom. The maximum Gasteiger partial charge on any atom is 0.394 e. The number of halogens is 3. The van der Waals surface area contributed by atoms with Gasteiger partial charge in [0.25, 0.3) is 6.48 Å². The molecule has 5 atom stereocenters. The Hall–Kier alpha value is -0.330. The van der Waals surface area contributed by atoms with E-state index >= 15 is 0 Å². The number of fused-ring (bicyclic) bond motifs is 2. The van der Waals surface area contributed by atoms with Crippen molar-refractivity contribution in [2.45, 2.75) is 38.2 Å². The van der Waals surface area contributed by atoms with Gasteiger partial charge in [-0.15, -0.1) is 0 Å². The van der Waals surface area contributed by atoms with E-state index in [4.69, 9.17) is 14.6 Å². The van der Waals surface area contributed by atoms with Crippen molar-refractivity contribution in [2.75, 3.05) is 0 Å². The van der Waals surface area contributed by atoms with Crippen molar-refractivity contribution in [1.82, 2.24) is 0 Å². The minimum atomic E-state index is -4.29. The Labute approximate surface area is 78.8 Å². The molecular weight excluding hydrogens is 201 g/mol. The average molecular weight is 212 g/mol. The molecule has 6 heteroatoms. The molecule has 0 aromatic heterocycles. The van der Waals surface area contributed by atoms with Crippen LogP contribution in [0, 0.1) is 11.8 Å². The predicted octanol–water partition coefficient (Wildman–Crippen LogP) is 1.26. The molecule has 5 unspecified atom stereocenters. The number of hydrogen-bond acceptors (Lipinski definition) is 3. The fourth-order valence-corrected chi connectivity index (χ4v) is 2.32. The van der Waals surface area contributed by atoms with Crippen LogP contribution in [0.15, 0.2) is 0 Å². The Balaban J connectivity index is 2.20. The molecule has 0 amide bonds. The highest BCUT2D eigenvalue weighted by molar-refractivity contribution is 4.95. The van der Waals surface area contributed by atoms with Gasteiger partial charge in [0.05, 0.1) is 18.1 Å². The standard InChI is InChI=1S/C8H11F3O3/c1-3-4-2-5(14-7(12)13-4)6(3)8(9,10)11/h3-7,12H,2H2,1H3.